The fraction of sp³-hybridized carbons (Fsp3) is 0.455. The molecular weight excluding hydrogens is 336 g/mol. The molecular formula is C22H26N4O. The third-order valence-electron chi connectivity index (χ3n) is 6.59. The fourth-order valence-electron chi connectivity index (χ4n) is 4.75. The van der Waals surface area contributed by atoms with Crippen molar-refractivity contribution in [3.63, 3.8) is 0 Å². The van der Waals surface area contributed by atoms with Crippen LogP contribution in [0.25, 0.3) is 22.2 Å². The van der Waals surface area contributed by atoms with E-state index in [2.05, 4.69) is 59.1 Å². The second-order valence-corrected chi connectivity index (χ2v) is 8.09. The third kappa shape index (κ3) is 2.81. The molecule has 2 atom stereocenters. The maximum absolute atomic E-state index is 6.26. The highest BCUT2D eigenvalue weighted by atomic mass is 16.5. The minimum absolute atomic E-state index is 0.231. The van der Waals surface area contributed by atoms with Gasteiger partial charge in [-0.1, -0.05) is 6.07 Å². The van der Waals surface area contributed by atoms with Gasteiger partial charge in [0.25, 0.3) is 0 Å². The Balaban J connectivity index is 1.38. The Morgan fingerprint density at radius 1 is 1.07 bits per heavy atom. The zero-order valence-electron chi connectivity index (χ0n) is 16.2. The van der Waals surface area contributed by atoms with Crippen molar-refractivity contribution < 1.29 is 4.74 Å². The van der Waals surface area contributed by atoms with Crippen LogP contribution in [0.3, 0.4) is 0 Å². The van der Waals surface area contributed by atoms with E-state index in [0.717, 1.165) is 16.8 Å². The topological polar surface area (TPSA) is 54.0 Å². The normalized spacial score (nSPS) is 27.2. The summed E-state index contributed by atoms with van der Waals surface area (Å²) in [7, 11) is 0. The van der Waals surface area contributed by atoms with E-state index >= 15 is 0 Å². The molecule has 3 aromatic rings. The summed E-state index contributed by atoms with van der Waals surface area (Å²) in [4.78, 5) is 5.95. The Bertz CT molecular complexity index is 968. The maximum atomic E-state index is 6.26. The number of fused-ring (bicyclic) bond motifs is 4. The summed E-state index contributed by atoms with van der Waals surface area (Å²) in [5, 5.41) is 10.1. The third-order valence-corrected chi connectivity index (χ3v) is 6.59. The van der Waals surface area contributed by atoms with Crippen LogP contribution in [0.4, 0.5) is 0 Å². The van der Waals surface area contributed by atoms with E-state index in [1.807, 2.05) is 12.1 Å². The molecule has 0 aliphatic carbocycles. The van der Waals surface area contributed by atoms with Gasteiger partial charge in [0.2, 0.25) is 5.88 Å². The van der Waals surface area contributed by atoms with E-state index in [4.69, 9.17) is 4.74 Å². The highest BCUT2D eigenvalue weighted by Gasteiger charge is 2.41. The summed E-state index contributed by atoms with van der Waals surface area (Å²) < 4.78 is 6.26. The number of aromatic nitrogens is 3. The lowest BCUT2D eigenvalue weighted by molar-refractivity contribution is -0.0528. The smallest absolute Gasteiger partial charge is 0.233 e. The molecule has 1 N–H and O–H groups in total. The molecule has 3 fully saturated rings. The molecule has 0 saturated carbocycles. The number of hydrogen-bond acceptors (Lipinski definition) is 4. The van der Waals surface area contributed by atoms with Crippen molar-refractivity contribution in [2.45, 2.75) is 45.8 Å². The number of piperidine rings is 3. The number of ether oxygens (including phenoxy) is 1. The average molecular weight is 362 g/mol. The van der Waals surface area contributed by atoms with Gasteiger partial charge >= 0.3 is 0 Å². The van der Waals surface area contributed by atoms with Crippen LogP contribution in [0.1, 0.15) is 31.0 Å². The van der Waals surface area contributed by atoms with Gasteiger partial charge in [0.05, 0.1) is 5.69 Å². The van der Waals surface area contributed by atoms with Gasteiger partial charge in [0.15, 0.2) is 0 Å². The molecule has 5 heterocycles. The second kappa shape index (κ2) is 6.34. The Morgan fingerprint density at radius 3 is 2.59 bits per heavy atom. The van der Waals surface area contributed by atoms with Crippen LogP contribution in [-0.4, -0.2) is 45.3 Å². The lowest BCUT2D eigenvalue weighted by atomic mass is 9.81. The summed E-state index contributed by atoms with van der Waals surface area (Å²) >= 11 is 0. The molecule has 27 heavy (non-hydrogen) atoms. The monoisotopic (exact) mass is 362 g/mol. The first-order chi connectivity index (χ1) is 13.1. The van der Waals surface area contributed by atoms with Crippen molar-refractivity contribution in [2.75, 3.05) is 13.1 Å². The van der Waals surface area contributed by atoms with Crippen molar-refractivity contribution in [3.05, 3.63) is 41.6 Å². The summed E-state index contributed by atoms with van der Waals surface area (Å²) in [5.41, 5.74) is 5.63. The first kappa shape index (κ1) is 16.8. The van der Waals surface area contributed by atoms with Crippen LogP contribution in [0, 0.1) is 19.8 Å². The predicted molar refractivity (Wildman–Crippen MR) is 107 cm³/mol. The number of H-pyrrole nitrogens is 1. The molecule has 5 heteroatoms. The van der Waals surface area contributed by atoms with E-state index in [9.17, 15) is 0 Å². The predicted octanol–water partition coefficient (Wildman–Crippen LogP) is 4.10. The zero-order chi connectivity index (χ0) is 18.5. The van der Waals surface area contributed by atoms with Crippen molar-refractivity contribution in [1.82, 2.24) is 20.1 Å². The second-order valence-electron chi connectivity index (χ2n) is 8.09. The number of nitrogens with zero attached hydrogens (tertiary/aromatic N) is 3. The van der Waals surface area contributed by atoms with E-state index in [1.165, 1.54) is 42.6 Å². The van der Waals surface area contributed by atoms with Crippen LogP contribution in [-0.2, 0) is 0 Å². The molecule has 0 spiro atoms. The van der Waals surface area contributed by atoms with Crippen LogP contribution >= 0.6 is 0 Å². The van der Waals surface area contributed by atoms with Crippen LogP contribution in [0.2, 0.25) is 0 Å². The van der Waals surface area contributed by atoms with Gasteiger partial charge in [-0.2, -0.15) is 0 Å². The summed E-state index contributed by atoms with van der Waals surface area (Å²) in [6.07, 6.45) is 2.70. The maximum Gasteiger partial charge on any atom is 0.233 e. The standard InChI is InChI=1S/C22H26N4O/c1-13-14(2)23-20-5-4-17(12-18(13)20)19-6-7-21(25-24-19)27-22-15(3)26-10-8-16(22)9-11-26/h4-7,12,15-16,22-23H,8-11H2,1-3H3. The van der Waals surface area contributed by atoms with Gasteiger partial charge in [-0.15, -0.1) is 10.2 Å². The first-order valence-electron chi connectivity index (χ1n) is 9.94. The quantitative estimate of drug-likeness (QED) is 0.762. The van der Waals surface area contributed by atoms with Gasteiger partial charge in [-0.25, -0.2) is 0 Å². The lowest BCUT2D eigenvalue weighted by Gasteiger charge is -2.48. The van der Waals surface area contributed by atoms with Gasteiger partial charge in [0, 0.05) is 34.3 Å². The lowest BCUT2D eigenvalue weighted by Crippen LogP contribution is -2.58. The molecule has 3 saturated heterocycles. The molecule has 140 valence electrons. The molecule has 6 rings (SSSR count). The SMILES string of the molecule is Cc1[nH]c2ccc(-c3ccc(OC4C5CCN(CC5)C4C)nn3)cc2c1C. The van der Waals surface area contributed by atoms with Crippen LogP contribution in [0.15, 0.2) is 30.3 Å². The average Bonchev–Trinajstić information content (AvgIpc) is 2.99. The van der Waals surface area contributed by atoms with Crippen molar-refractivity contribution in [2.24, 2.45) is 5.92 Å². The Morgan fingerprint density at radius 2 is 1.89 bits per heavy atom. The van der Waals surface area contributed by atoms with E-state index in [0.29, 0.717) is 17.8 Å². The van der Waals surface area contributed by atoms with Gasteiger partial charge in [-0.05, 0) is 76.4 Å². The molecule has 3 aliphatic rings. The van der Waals surface area contributed by atoms with Crippen LogP contribution in [0.5, 0.6) is 5.88 Å². The molecule has 3 aliphatic heterocycles. The highest BCUT2D eigenvalue weighted by molar-refractivity contribution is 5.88. The Hall–Kier alpha value is -2.40. The zero-order valence-corrected chi connectivity index (χ0v) is 16.2. The molecule has 0 radical (unpaired) electrons. The molecule has 2 unspecified atom stereocenters. The fourth-order valence-corrected chi connectivity index (χ4v) is 4.75. The van der Waals surface area contributed by atoms with E-state index < -0.39 is 0 Å². The number of aryl methyl sites for hydroxylation is 2. The number of nitrogens with one attached hydrogen (secondary N) is 1. The van der Waals surface area contributed by atoms with Crippen molar-refractivity contribution in [1.29, 1.82) is 0 Å². The van der Waals surface area contributed by atoms with Gasteiger partial charge < -0.3 is 9.72 Å². The Labute approximate surface area is 159 Å². The summed E-state index contributed by atoms with van der Waals surface area (Å²) in [6, 6.07) is 10.8. The van der Waals surface area contributed by atoms with Gasteiger partial charge in [-0.3, -0.25) is 4.90 Å². The van der Waals surface area contributed by atoms with E-state index in [-0.39, 0.29) is 6.10 Å². The minimum atomic E-state index is 0.231. The highest BCUT2D eigenvalue weighted by Crippen LogP contribution is 2.34. The largest absolute Gasteiger partial charge is 0.471 e. The Kier molecular flexibility index (Phi) is 3.93. The van der Waals surface area contributed by atoms with Crippen LogP contribution < -0.4 is 4.74 Å². The van der Waals surface area contributed by atoms with E-state index in [1.54, 1.807) is 0 Å². The van der Waals surface area contributed by atoms with Crippen molar-refractivity contribution in [3.8, 4) is 17.1 Å². The molecule has 2 aromatic heterocycles. The first-order valence-corrected chi connectivity index (χ1v) is 9.94. The minimum Gasteiger partial charge on any atom is -0.471 e. The number of benzene rings is 1. The molecule has 5 nitrogen and oxygen atoms in total. The molecule has 0 amide bonds. The number of hydrogen-bond donors (Lipinski definition) is 1. The number of aromatic amines is 1. The number of rotatable bonds is 3. The molecule has 2 bridgehead atoms. The summed E-state index contributed by atoms with van der Waals surface area (Å²) in [5.74, 6) is 1.28. The van der Waals surface area contributed by atoms with Crippen molar-refractivity contribution >= 4 is 10.9 Å². The molecule has 1 aromatic carbocycles. The van der Waals surface area contributed by atoms with Gasteiger partial charge in [0.1, 0.15) is 6.10 Å². The summed E-state index contributed by atoms with van der Waals surface area (Å²) in [6.45, 7) is 8.94.